The van der Waals surface area contributed by atoms with Gasteiger partial charge in [0.1, 0.15) is 0 Å². The number of rotatable bonds is 0. The predicted molar refractivity (Wildman–Crippen MR) is 63.4 cm³/mol. The SMILES string of the molecule is O=S1(=O)C2=C(C=CCC=C2)c2ccccc21. The summed E-state index contributed by atoms with van der Waals surface area (Å²) in [7, 11) is -3.29. The summed E-state index contributed by atoms with van der Waals surface area (Å²) in [5.41, 5.74) is 1.64. The average molecular weight is 230 g/mol. The van der Waals surface area contributed by atoms with Crippen LogP contribution in [0.5, 0.6) is 0 Å². The molecule has 0 bridgehead atoms. The fraction of sp³-hybridized carbons (Fsp3) is 0.0769. The van der Waals surface area contributed by atoms with Gasteiger partial charge >= 0.3 is 0 Å². The van der Waals surface area contributed by atoms with E-state index in [1.54, 1.807) is 18.2 Å². The van der Waals surface area contributed by atoms with Crippen LogP contribution < -0.4 is 0 Å². The molecule has 1 heterocycles. The summed E-state index contributed by atoms with van der Waals surface area (Å²) in [4.78, 5) is 0.860. The molecule has 0 atom stereocenters. The maximum Gasteiger partial charge on any atom is 0.207 e. The van der Waals surface area contributed by atoms with Crippen molar-refractivity contribution in [3.63, 3.8) is 0 Å². The van der Waals surface area contributed by atoms with Crippen molar-refractivity contribution in [2.24, 2.45) is 0 Å². The lowest BCUT2D eigenvalue weighted by atomic mass is 10.1. The van der Waals surface area contributed by atoms with Gasteiger partial charge < -0.3 is 0 Å². The third-order valence-electron chi connectivity index (χ3n) is 2.85. The lowest BCUT2D eigenvalue weighted by Gasteiger charge is -1.98. The van der Waals surface area contributed by atoms with Crippen LogP contribution in [0.3, 0.4) is 0 Å². The van der Waals surface area contributed by atoms with E-state index in [0.717, 1.165) is 17.6 Å². The average Bonchev–Trinajstić information content (AvgIpc) is 2.50. The second-order valence-electron chi connectivity index (χ2n) is 3.82. The first-order chi connectivity index (χ1) is 7.71. The van der Waals surface area contributed by atoms with Gasteiger partial charge in [0, 0.05) is 11.1 Å². The van der Waals surface area contributed by atoms with E-state index in [-0.39, 0.29) is 0 Å². The Hall–Kier alpha value is -1.61. The molecular weight excluding hydrogens is 220 g/mol. The summed E-state index contributed by atoms with van der Waals surface area (Å²) in [6.07, 6.45) is 8.26. The van der Waals surface area contributed by atoms with Gasteiger partial charge in [-0.2, -0.15) is 0 Å². The van der Waals surface area contributed by atoms with Crippen molar-refractivity contribution in [2.75, 3.05) is 0 Å². The summed E-state index contributed by atoms with van der Waals surface area (Å²) >= 11 is 0. The van der Waals surface area contributed by atoms with Gasteiger partial charge in [0.15, 0.2) is 0 Å². The maximum atomic E-state index is 12.2. The molecule has 1 aromatic carbocycles. The summed E-state index contributed by atoms with van der Waals surface area (Å²) in [6.45, 7) is 0. The molecule has 3 rings (SSSR count). The fourth-order valence-electron chi connectivity index (χ4n) is 2.11. The molecule has 2 nitrogen and oxygen atoms in total. The molecule has 2 aliphatic rings. The van der Waals surface area contributed by atoms with E-state index in [0.29, 0.717) is 9.80 Å². The van der Waals surface area contributed by atoms with E-state index in [9.17, 15) is 8.42 Å². The van der Waals surface area contributed by atoms with Crippen molar-refractivity contribution in [2.45, 2.75) is 11.3 Å². The Bertz CT molecular complexity index is 646. The van der Waals surface area contributed by atoms with Crippen LogP contribution >= 0.6 is 0 Å². The summed E-state index contributed by atoms with van der Waals surface area (Å²) in [6, 6.07) is 7.16. The number of sulfone groups is 1. The highest BCUT2D eigenvalue weighted by atomic mass is 32.2. The van der Waals surface area contributed by atoms with Crippen molar-refractivity contribution >= 4 is 15.4 Å². The minimum absolute atomic E-state index is 0.427. The van der Waals surface area contributed by atoms with Gasteiger partial charge in [0.05, 0.1) is 9.80 Å². The standard InChI is InChI=1S/C13H10O2S/c14-16(15)12-8-3-1-2-6-10(12)11-7-4-5-9-13(11)16/h2-9H,1H2. The zero-order valence-corrected chi connectivity index (χ0v) is 9.37. The van der Waals surface area contributed by atoms with Gasteiger partial charge in [-0.25, -0.2) is 8.42 Å². The molecule has 0 unspecified atom stereocenters. The summed E-state index contributed by atoms with van der Waals surface area (Å²) in [5, 5.41) is 0. The highest BCUT2D eigenvalue weighted by Crippen LogP contribution is 2.41. The van der Waals surface area contributed by atoms with Gasteiger partial charge in [-0.15, -0.1) is 0 Å². The van der Waals surface area contributed by atoms with Gasteiger partial charge in [-0.3, -0.25) is 0 Å². The smallest absolute Gasteiger partial charge is 0.207 e. The first kappa shape index (κ1) is 9.60. The Labute approximate surface area is 94.5 Å². The Morgan fingerprint density at radius 3 is 2.62 bits per heavy atom. The zero-order chi connectivity index (χ0) is 11.2. The summed E-state index contributed by atoms with van der Waals surface area (Å²) in [5.74, 6) is 0. The van der Waals surface area contributed by atoms with Gasteiger partial charge in [0.2, 0.25) is 9.84 Å². The quantitative estimate of drug-likeness (QED) is 0.686. The molecule has 80 valence electrons. The first-order valence-corrected chi connectivity index (χ1v) is 6.61. The molecule has 0 amide bonds. The van der Waals surface area contributed by atoms with Crippen LogP contribution in [0, 0.1) is 0 Å². The van der Waals surface area contributed by atoms with Crippen LogP contribution in [0.15, 0.2) is 58.4 Å². The minimum Gasteiger partial charge on any atom is -0.218 e. The predicted octanol–water partition coefficient (Wildman–Crippen LogP) is 2.70. The van der Waals surface area contributed by atoms with Crippen LogP contribution in [0.1, 0.15) is 12.0 Å². The van der Waals surface area contributed by atoms with Crippen LogP contribution in [-0.4, -0.2) is 8.42 Å². The molecule has 0 saturated heterocycles. The van der Waals surface area contributed by atoms with E-state index in [1.807, 2.05) is 30.4 Å². The van der Waals surface area contributed by atoms with Crippen LogP contribution in [-0.2, 0) is 9.84 Å². The third-order valence-corrected chi connectivity index (χ3v) is 4.72. The second-order valence-corrected chi connectivity index (χ2v) is 5.70. The van der Waals surface area contributed by atoms with Crippen molar-refractivity contribution in [1.82, 2.24) is 0 Å². The molecule has 3 heteroatoms. The van der Waals surface area contributed by atoms with E-state index in [1.165, 1.54) is 0 Å². The van der Waals surface area contributed by atoms with Crippen LogP contribution in [0.4, 0.5) is 0 Å². The molecule has 0 saturated carbocycles. The molecule has 1 aromatic rings. The third kappa shape index (κ3) is 1.15. The Balaban J connectivity index is 2.41. The number of hydrogen-bond donors (Lipinski definition) is 0. The lowest BCUT2D eigenvalue weighted by Crippen LogP contribution is -1.98. The molecule has 0 radical (unpaired) electrons. The number of hydrogen-bond acceptors (Lipinski definition) is 2. The van der Waals surface area contributed by atoms with Gasteiger partial charge in [0.25, 0.3) is 0 Å². The Morgan fingerprint density at radius 1 is 1.00 bits per heavy atom. The Morgan fingerprint density at radius 2 is 1.75 bits per heavy atom. The maximum absolute atomic E-state index is 12.2. The second kappa shape index (κ2) is 3.19. The van der Waals surface area contributed by atoms with Gasteiger partial charge in [-0.05, 0) is 18.6 Å². The highest BCUT2D eigenvalue weighted by Gasteiger charge is 2.32. The zero-order valence-electron chi connectivity index (χ0n) is 8.55. The van der Waals surface area contributed by atoms with E-state index in [2.05, 4.69) is 0 Å². The molecule has 0 aromatic heterocycles. The van der Waals surface area contributed by atoms with Crippen molar-refractivity contribution in [3.05, 3.63) is 59.0 Å². The number of benzene rings is 1. The normalized spacial score (nSPS) is 20.5. The highest BCUT2D eigenvalue weighted by molar-refractivity contribution is 7.96. The largest absolute Gasteiger partial charge is 0.218 e. The Kier molecular flexibility index (Phi) is 1.91. The van der Waals surface area contributed by atoms with E-state index >= 15 is 0 Å². The molecule has 1 aliphatic carbocycles. The molecule has 16 heavy (non-hydrogen) atoms. The number of allylic oxidation sites excluding steroid dienone is 5. The van der Waals surface area contributed by atoms with E-state index < -0.39 is 9.84 Å². The monoisotopic (exact) mass is 230 g/mol. The minimum atomic E-state index is -3.29. The fourth-order valence-corrected chi connectivity index (χ4v) is 3.82. The molecular formula is C13H10O2S. The van der Waals surface area contributed by atoms with E-state index in [4.69, 9.17) is 0 Å². The topological polar surface area (TPSA) is 34.1 Å². The van der Waals surface area contributed by atoms with Crippen molar-refractivity contribution in [1.29, 1.82) is 0 Å². The lowest BCUT2D eigenvalue weighted by molar-refractivity contribution is 0.604. The van der Waals surface area contributed by atoms with Crippen molar-refractivity contribution < 1.29 is 8.42 Å². The van der Waals surface area contributed by atoms with Crippen LogP contribution in [0.2, 0.25) is 0 Å². The molecule has 0 N–H and O–H groups in total. The number of fused-ring (bicyclic) bond motifs is 2. The molecule has 0 fully saturated rings. The van der Waals surface area contributed by atoms with Crippen LogP contribution in [0.25, 0.3) is 5.57 Å². The first-order valence-electron chi connectivity index (χ1n) is 5.13. The van der Waals surface area contributed by atoms with Crippen molar-refractivity contribution in [3.8, 4) is 0 Å². The van der Waals surface area contributed by atoms with Gasteiger partial charge in [-0.1, -0.05) is 36.4 Å². The summed E-state index contributed by atoms with van der Waals surface area (Å²) < 4.78 is 24.5. The molecule has 0 spiro atoms. The molecule has 1 aliphatic heterocycles.